The van der Waals surface area contributed by atoms with Gasteiger partial charge in [-0.2, -0.15) is 0 Å². The van der Waals surface area contributed by atoms with Crippen LogP contribution in [-0.4, -0.2) is 19.5 Å². The molecule has 0 amide bonds. The Balaban J connectivity index is 2.02. The Morgan fingerprint density at radius 1 is 1.04 bits per heavy atom. The van der Waals surface area contributed by atoms with Gasteiger partial charge in [0.2, 0.25) is 0 Å². The van der Waals surface area contributed by atoms with E-state index in [4.69, 9.17) is 0 Å². The van der Waals surface area contributed by atoms with Gasteiger partial charge in [0.15, 0.2) is 0 Å². The summed E-state index contributed by atoms with van der Waals surface area (Å²) < 4.78 is 40.3. The highest BCUT2D eigenvalue weighted by atomic mass is 32.2. The first-order valence-corrected chi connectivity index (χ1v) is 9.38. The topological polar surface area (TPSA) is 83.5 Å². The number of halogens is 1. The lowest BCUT2D eigenvalue weighted by molar-refractivity contribution is 0.0703. The van der Waals surface area contributed by atoms with Crippen LogP contribution in [-0.2, 0) is 10.0 Å². The second-order valence-electron chi connectivity index (χ2n) is 5.09. The van der Waals surface area contributed by atoms with E-state index in [9.17, 15) is 22.7 Å². The van der Waals surface area contributed by atoms with Crippen LogP contribution in [0.25, 0.3) is 10.4 Å². The number of benzene rings is 2. The molecule has 0 aliphatic heterocycles. The number of nitrogens with one attached hydrogen (secondary N) is 1. The minimum absolute atomic E-state index is 0.0550. The summed E-state index contributed by atoms with van der Waals surface area (Å²) in [6.07, 6.45) is 0. The Morgan fingerprint density at radius 3 is 2.40 bits per heavy atom. The summed E-state index contributed by atoms with van der Waals surface area (Å²) in [4.78, 5) is 11.6. The molecule has 0 spiro atoms. The van der Waals surface area contributed by atoms with Gasteiger partial charge in [-0.3, -0.25) is 4.72 Å². The van der Waals surface area contributed by atoms with Gasteiger partial charge in [0.25, 0.3) is 10.0 Å². The number of sulfonamides is 1. The van der Waals surface area contributed by atoms with Gasteiger partial charge in [-0.15, -0.1) is 11.3 Å². The van der Waals surface area contributed by atoms with Gasteiger partial charge in [-0.1, -0.05) is 36.4 Å². The van der Waals surface area contributed by atoms with Gasteiger partial charge in [0, 0.05) is 4.88 Å². The lowest BCUT2D eigenvalue weighted by Crippen LogP contribution is -2.14. The molecular formula is C17H12FNO4S2. The van der Waals surface area contributed by atoms with Crippen molar-refractivity contribution in [2.24, 2.45) is 0 Å². The summed E-state index contributed by atoms with van der Waals surface area (Å²) >= 11 is 0.959. The molecule has 3 rings (SSSR count). The fraction of sp³-hybridized carbons (Fsp3) is 0. The van der Waals surface area contributed by atoms with E-state index in [0.29, 0.717) is 4.88 Å². The van der Waals surface area contributed by atoms with Crippen LogP contribution in [0.3, 0.4) is 0 Å². The maximum Gasteiger partial charge on any atom is 0.348 e. The molecule has 0 atom stereocenters. The average molecular weight is 377 g/mol. The molecule has 0 saturated carbocycles. The minimum Gasteiger partial charge on any atom is -0.477 e. The highest BCUT2D eigenvalue weighted by Crippen LogP contribution is 2.35. The van der Waals surface area contributed by atoms with E-state index in [2.05, 4.69) is 4.72 Å². The third kappa shape index (κ3) is 3.70. The van der Waals surface area contributed by atoms with E-state index < -0.39 is 21.8 Å². The van der Waals surface area contributed by atoms with Crippen LogP contribution < -0.4 is 4.72 Å². The van der Waals surface area contributed by atoms with Crippen LogP contribution in [0.15, 0.2) is 65.6 Å². The first kappa shape index (κ1) is 17.1. The van der Waals surface area contributed by atoms with Crippen LogP contribution in [0.2, 0.25) is 0 Å². The highest BCUT2D eigenvalue weighted by Gasteiger charge is 2.22. The zero-order valence-corrected chi connectivity index (χ0v) is 14.3. The van der Waals surface area contributed by atoms with Gasteiger partial charge in [-0.25, -0.2) is 17.6 Å². The van der Waals surface area contributed by atoms with E-state index >= 15 is 0 Å². The van der Waals surface area contributed by atoms with E-state index in [0.717, 1.165) is 29.0 Å². The van der Waals surface area contributed by atoms with Crippen molar-refractivity contribution in [3.8, 4) is 10.4 Å². The van der Waals surface area contributed by atoms with Crippen molar-refractivity contribution >= 4 is 33.0 Å². The predicted molar refractivity (Wildman–Crippen MR) is 93.9 cm³/mol. The number of thiophene rings is 1. The van der Waals surface area contributed by atoms with Crippen LogP contribution >= 0.6 is 11.3 Å². The van der Waals surface area contributed by atoms with Gasteiger partial charge in [-0.05, 0) is 29.8 Å². The molecule has 5 nitrogen and oxygen atoms in total. The van der Waals surface area contributed by atoms with E-state index in [1.807, 2.05) is 6.07 Å². The Kier molecular flexibility index (Phi) is 4.56. The summed E-state index contributed by atoms with van der Waals surface area (Å²) in [7, 11) is -4.11. The largest absolute Gasteiger partial charge is 0.477 e. The summed E-state index contributed by atoms with van der Waals surface area (Å²) in [5, 5.41) is 9.35. The van der Waals surface area contributed by atoms with Crippen LogP contribution in [0.4, 0.5) is 10.1 Å². The molecule has 25 heavy (non-hydrogen) atoms. The van der Waals surface area contributed by atoms with Gasteiger partial charge in [0.1, 0.15) is 10.7 Å². The standard InChI is InChI=1S/C17H12FNO4S2/c18-12-7-4-8-13(9-12)25(22,23)19-14-10-15(24-16(14)17(20)21)11-5-2-1-3-6-11/h1-10,19H,(H,20,21). The molecule has 0 fully saturated rings. The molecule has 1 aromatic heterocycles. The van der Waals surface area contributed by atoms with Gasteiger partial charge < -0.3 is 5.11 Å². The van der Waals surface area contributed by atoms with Crippen molar-refractivity contribution < 1.29 is 22.7 Å². The Bertz CT molecular complexity index is 1030. The lowest BCUT2D eigenvalue weighted by Gasteiger charge is -2.07. The first-order valence-electron chi connectivity index (χ1n) is 7.08. The minimum atomic E-state index is -4.11. The van der Waals surface area contributed by atoms with Crippen LogP contribution in [0.5, 0.6) is 0 Å². The van der Waals surface area contributed by atoms with Crippen LogP contribution in [0.1, 0.15) is 9.67 Å². The monoisotopic (exact) mass is 377 g/mol. The molecule has 0 radical (unpaired) electrons. The number of anilines is 1. The van der Waals surface area contributed by atoms with Gasteiger partial charge in [0.05, 0.1) is 10.6 Å². The summed E-state index contributed by atoms with van der Waals surface area (Å²) in [5.74, 6) is -1.94. The molecule has 0 unspecified atom stereocenters. The number of aromatic carboxylic acids is 1. The Labute approximate surface area is 147 Å². The fourth-order valence-electron chi connectivity index (χ4n) is 2.21. The summed E-state index contributed by atoms with van der Waals surface area (Å²) in [6, 6.07) is 15.0. The quantitative estimate of drug-likeness (QED) is 0.703. The van der Waals surface area contributed by atoms with Crippen molar-refractivity contribution in [2.75, 3.05) is 4.72 Å². The molecule has 0 aliphatic rings. The Hall–Kier alpha value is -2.71. The molecule has 8 heteroatoms. The third-order valence-corrected chi connectivity index (χ3v) is 5.87. The smallest absolute Gasteiger partial charge is 0.348 e. The zero-order chi connectivity index (χ0) is 18.0. The zero-order valence-electron chi connectivity index (χ0n) is 12.6. The molecule has 3 aromatic rings. The number of carbonyl (C=O) groups is 1. The summed E-state index contributed by atoms with van der Waals surface area (Å²) in [6.45, 7) is 0. The molecule has 1 heterocycles. The molecule has 2 aromatic carbocycles. The predicted octanol–water partition coefficient (Wildman–Crippen LogP) is 4.05. The van der Waals surface area contributed by atoms with E-state index in [-0.39, 0.29) is 15.5 Å². The number of hydrogen-bond acceptors (Lipinski definition) is 4. The second kappa shape index (κ2) is 6.66. The van der Waals surface area contributed by atoms with Crippen molar-refractivity contribution in [3.63, 3.8) is 0 Å². The molecule has 0 bridgehead atoms. The highest BCUT2D eigenvalue weighted by molar-refractivity contribution is 7.92. The third-order valence-electron chi connectivity index (χ3n) is 3.34. The molecule has 2 N–H and O–H groups in total. The number of hydrogen-bond donors (Lipinski definition) is 2. The molecule has 0 saturated heterocycles. The van der Waals surface area contributed by atoms with Crippen molar-refractivity contribution in [2.45, 2.75) is 4.90 Å². The molecule has 128 valence electrons. The number of rotatable bonds is 5. The average Bonchev–Trinajstić information content (AvgIpc) is 2.99. The van der Waals surface area contributed by atoms with Crippen molar-refractivity contribution in [1.29, 1.82) is 0 Å². The fourth-order valence-corrected chi connectivity index (χ4v) is 4.32. The SMILES string of the molecule is O=C(O)c1sc(-c2ccccc2)cc1NS(=O)(=O)c1cccc(F)c1. The maximum atomic E-state index is 13.3. The first-order chi connectivity index (χ1) is 11.9. The molecule has 0 aliphatic carbocycles. The summed E-state index contributed by atoms with van der Waals surface area (Å²) in [5.41, 5.74) is 0.715. The Morgan fingerprint density at radius 2 is 1.76 bits per heavy atom. The normalized spacial score (nSPS) is 11.2. The van der Waals surface area contributed by atoms with Crippen molar-refractivity contribution in [3.05, 3.63) is 71.4 Å². The van der Waals surface area contributed by atoms with E-state index in [1.54, 1.807) is 24.3 Å². The number of carboxylic acids is 1. The second-order valence-corrected chi connectivity index (χ2v) is 7.82. The van der Waals surface area contributed by atoms with Gasteiger partial charge >= 0.3 is 5.97 Å². The van der Waals surface area contributed by atoms with E-state index in [1.165, 1.54) is 18.2 Å². The maximum absolute atomic E-state index is 13.3. The van der Waals surface area contributed by atoms with Crippen LogP contribution in [0, 0.1) is 5.82 Å². The lowest BCUT2D eigenvalue weighted by atomic mass is 10.2. The molecular weight excluding hydrogens is 365 g/mol. The number of carboxylic acid groups (broad SMARTS) is 1. The van der Waals surface area contributed by atoms with Crippen molar-refractivity contribution in [1.82, 2.24) is 0 Å².